The minimum Gasteiger partial charge on any atom is -0.322 e. The van der Waals surface area contributed by atoms with Gasteiger partial charge in [0.2, 0.25) is 5.91 Å². The lowest BCUT2D eigenvalue weighted by Crippen LogP contribution is -2.29. The molecule has 1 atom stereocenters. The van der Waals surface area contributed by atoms with E-state index in [4.69, 9.17) is 0 Å². The lowest BCUT2D eigenvalue weighted by Gasteiger charge is -2.26. The Balaban J connectivity index is 1.69. The van der Waals surface area contributed by atoms with E-state index in [1.165, 1.54) is 22.7 Å². The zero-order chi connectivity index (χ0) is 20.4. The highest BCUT2D eigenvalue weighted by Crippen LogP contribution is 2.44. The number of halogens is 2. The first-order chi connectivity index (χ1) is 14.0. The maximum absolute atomic E-state index is 14.4. The minimum absolute atomic E-state index is 0.00980. The summed E-state index contributed by atoms with van der Waals surface area (Å²) in [5.41, 5.74) is 1.70. The van der Waals surface area contributed by atoms with E-state index in [2.05, 4.69) is 5.32 Å². The van der Waals surface area contributed by atoms with Gasteiger partial charge in [-0.1, -0.05) is 36.4 Å². The summed E-state index contributed by atoms with van der Waals surface area (Å²) in [6, 6.07) is 19.0. The number of rotatable bonds is 4. The molecule has 1 N–H and O–H groups in total. The van der Waals surface area contributed by atoms with Gasteiger partial charge in [0.15, 0.2) is 0 Å². The molecule has 4 rings (SSSR count). The number of nitrogens with zero attached hydrogens (tertiary/aromatic N) is 1. The van der Waals surface area contributed by atoms with E-state index in [0.29, 0.717) is 16.8 Å². The maximum atomic E-state index is 14.4. The first-order valence-corrected chi connectivity index (χ1v) is 9.93. The van der Waals surface area contributed by atoms with Crippen molar-refractivity contribution in [1.29, 1.82) is 0 Å². The van der Waals surface area contributed by atoms with Crippen molar-refractivity contribution in [2.75, 3.05) is 16.0 Å². The van der Waals surface area contributed by atoms with Gasteiger partial charge in [-0.05, 0) is 30.3 Å². The van der Waals surface area contributed by atoms with Gasteiger partial charge in [0.05, 0.1) is 11.4 Å². The van der Waals surface area contributed by atoms with Crippen LogP contribution in [0.25, 0.3) is 0 Å². The zero-order valence-electron chi connectivity index (χ0n) is 15.1. The molecule has 0 saturated carbocycles. The van der Waals surface area contributed by atoms with E-state index < -0.39 is 17.0 Å². The summed E-state index contributed by atoms with van der Waals surface area (Å²) in [6.07, 6.45) is 0. The topological polar surface area (TPSA) is 49.4 Å². The van der Waals surface area contributed by atoms with Crippen molar-refractivity contribution in [3.05, 3.63) is 95.6 Å². The van der Waals surface area contributed by atoms with Crippen LogP contribution in [0.4, 0.5) is 20.2 Å². The predicted molar refractivity (Wildman–Crippen MR) is 110 cm³/mol. The number of benzene rings is 3. The molecule has 0 aliphatic carbocycles. The third-order valence-corrected chi connectivity index (χ3v) is 5.74. The predicted octanol–water partition coefficient (Wildman–Crippen LogP) is 5.00. The van der Waals surface area contributed by atoms with Crippen molar-refractivity contribution < 1.29 is 18.4 Å². The Bertz CT molecular complexity index is 1080. The number of para-hydroxylation sites is 1. The molecule has 0 bridgehead atoms. The zero-order valence-corrected chi connectivity index (χ0v) is 16.0. The second-order valence-corrected chi connectivity index (χ2v) is 7.50. The van der Waals surface area contributed by atoms with Gasteiger partial charge in [0.1, 0.15) is 17.0 Å². The van der Waals surface area contributed by atoms with Crippen molar-refractivity contribution in [2.45, 2.75) is 5.37 Å². The first-order valence-electron chi connectivity index (χ1n) is 8.88. The molecular weight excluding hydrogens is 394 g/mol. The molecule has 1 aliphatic rings. The molecule has 0 unspecified atom stereocenters. The smallest absolute Gasteiger partial charge is 0.255 e. The number of anilines is 2. The molecule has 3 aromatic rings. The minimum atomic E-state index is -0.809. The number of carbonyl (C=O) groups is 2. The second kappa shape index (κ2) is 8.05. The van der Waals surface area contributed by atoms with Crippen molar-refractivity contribution in [2.24, 2.45) is 0 Å². The van der Waals surface area contributed by atoms with Crippen LogP contribution >= 0.6 is 11.8 Å². The van der Waals surface area contributed by atoms with E-state index >= 15 is 0 Å². The maximum Gasteiger partial charge on any atom is 0.255 e. The highest BCUT2D eigenvalue weighted by molar-refractivity contribution is 8.00. The Hall–Kier alpha value is -3.19. The SMILES string of the molecule is O=C(Nc1ccccc1[C@H]1SCC(=O)N1c1ccc(F)cc1F)c1ccccc1. The summed E-state index contributed by atoms with van der Waals surface area (Å²) in [5, 5.41) is 2.32. The molecule has 29 heavy (non-hydrogen) atoms. The highest BCUT2D eigenvalue weighted by atomic mass is 32.2. The molecular formula is C22H16F2N2O2S. The quantitative estimate of drug-likeness (QED) is 0.659. The van der Waals surface area contributed by atoms with E-state index in [1.54, 1.807) is 48.5 Å². The molecule has 0 spiro atoms. The molecule has 4 nitrogen and oxygen atoms in total. The molecule has 7 heteroatoms. The van der Waals surface area contributed by atoms with Crippen LogP contribution in [-0.4, -0.2) is 17.6 Å². The van der Waals surface area contributed by atoms with Gasteiger partial charge in [-0.2, -0.15) is 0 Å². The van der Waals surface area contributed by atoms with Crippen molar-refractivity contribution >= 4 is 35.0 Å². The first kappa shape index (κ1) is 19.1. The van der Waals surface area contributed by atoms with E-state index in [9.17, 15) is 18.4 Å². The monoisotopic (exact) mass is 410 g/mol. The summed E-state index contributed by atoms with van der Waals surface area (Å²) in [4.78, 5) is 26.4. The van der Waals surface area contributed by atoms with Gasteiger partial charge >= 0.3 is 0 Å². The molecule has 146 valence electrons. The average molecular weight is 410 g/mol. The van der Waals surface area contributed by atoms with Crippen molar-refractivity contribution in [3.63, 3.8) is 0 Å². The number of hydrogen-bond acceptors (Lipinski definition) is 3. The summed E-state index contributed by atoms with van der Waals surface area (Å²) < 4.78 is 27.7. The fourth-order valence-corrected chi connectivity index (χ4v) is 4.41. The Morgan fingerprint density at radius 1 is 1.00 bits per heavy atom. The Labute approximate surface area is 170 Å². The number of nitrogens with one attached hydrogen (secondary N) is 1. The van der Waals surface area contributed by atoms with Crippen LogP contribution in [-0.2, 0) is 4.79 Å². The standard InChI is InChI=1S/C22H16F2N2O2S/c23-15-10-11-19(17(24)12-15)26-20(27)13-29-22(26)16-8-4-5-9-18(16)25-21(28)14-6-2-1-3-7-14/h1-12,22H,13H2,(H,25,28)/t22-/m1/s1. The van der Waals surface area contributed by atoms with Crippen LogP contribution < -0.4 is 10.2 Å². The lowest BCUT2D eigenvalue weighted by atomic mass is 10.1. The van der Waals surface area contributed by atoms with Gasteiger partial charge in [0.25, 0.3) is 5.91 Å². The Kier molecular flexibility index (Phi) is 5.31. The Morgan fingerprint density at radius 3 is 2.48 bits per heavy atom. The number of amides is 2. The molecule has 0 aromatic heterocycles. The Morgan fingerprint density at radius 2 is 1.72 bits per heavy atom. The van der Waals surface area contributed by atoms with Crippen LogP contribution in [0, 0.1) is 11.6 Å². The highest BCUT2D eigenvalue weighted by Gasteiger charge is 2.36. The fourth-order valence-electron chi connectivity index (χ4n) is 3.20. The molecule has 0 radical (unpaired) electrons. The number of hydrogen-bond donors (Lipinski definition) is 1. The molecule has 2 amide bonds. The number of carbonyl (C=O) groups excluding carboxylic acids is 2. The fraction of sp³-hybridized carbons (Fsp3) is 0.0909. The molecule has 1 fully saturated rings. The van der Waals surface area contributed by atoms with E-state index in [0.717, 1.165) is 12.1 Å². The van der Waals surface area contributed by atoms with Gasteiger partial charge in [0, 0.05) is 22.9 Å². The van der Waals surface area contributed by atoms with Crippen LogP contribution in [0.3, 0.4) is 0 Å². The largest absolute Gasteiger partial charge is 0.322 e. The normalized spacial score (nSPS) is 16.1. The summed E-state index contributed by atoms with van der Waals surface area (Å²) in [6.45, 7) is 0. The van der Waals surface area contributed by atoms with Crippen LogP contribution in [0.1, 0.15) is 21.3 Å². The molecule has 1 saturated heterocycles. The van der Waals surface area contributed by atoms with Crippen LogP contribution in [0.15, 0.2) is 72.8 Å². The van der Waals surface area contributed by atoms with Crippen LogP contribution in [0.2, 0.25) is 0 Å². The third kappa shape index (κ3) is 3.86. The van der Waals surface area contributed by atoms with Gasteiger partial charge in [-0.25, -0.2) is 8.78 Å². The van der Waals surface area contributed by atoms with Gasteiger partial charge in [-0.15, -0.1) is 11.8 Å². The van der Waals surface area contributed by atoms with Crippen LogP contribution in [0.5, 0.6) is 0 Å². The second-order valence-electron chi connectivity index (χ2n) is 6.43. The molecule has 3 aromatic carbocycles. The van der Waals surface area contributed by atoms with Crippen molar-refractivity contribution in [1.82, 2.24) is 0 Å². The van der Waals surface area contributed by atoms with Crippen molar-refractivity contribution in [3.8, 4) is 0 Å². The lowest BCUT2D eigenvalue weighted by molar-refractivity contribution is -0.115. The number of thioether (sulfide) groups is 1. The summed E-state index contributed by atoms with van der Waals surface area (Å²) in [5.74, 6) is -1.93. The summed E-state index contributed by atoms with van der Waals surface area (Å²) in [7, 11) is 0. The van der Waals surface area contributed by atoms with E-state index in [1.807, 2.05) is 6.07 Å². The molecule has 1 aliphatic heterocycles. The molecule has 1 heterocycles. The van der Waals surface area contributed by atoms with Gasteiger partial charge < -0.3 is 5.32 Å². The third-order valence-electron chi connectivity index (χ3n) is 4.55. The summed E-state index contributed by atoms with van der Waals surface area (Å²) >= 11 is 1.32. The van der Waals surface area contributed by atoms with Gasteiger partial charge in [-0.3, -0.25) is 14.5 Å². The average Bonchev–Trinajstić information content (AvgIpc) is 3.10. The van der Waals surface area contributed by atoms with E-state index in [-0.39, 0.29) is 23.3 Å².